The van der Waals surface area contributed by atoms with Crippen LogP contribution in [-0.2, 0) is 16.0 Å². The van der Waals surface area contributed by atoms with Gasteiger partial charge in [-0.1, -0.05) is 30.3 Å². The van der Waals surface area contributed by atoms with Gasteiger partial charge in [0.2, 0.25) is 11.8 Å². The second-order valence-electron chi connectivity index (χ2n) is 7.84. The molecule has 3 rings (SSSR count). The molecule has 1 aromatic rings. The molecule has 2 fully saturated rings. The molecule has 0 bridgehead atoms. The second kappa shape index (κ2) is 8.21. The number of benzene rings is 1. The van der Waals surface area contributed by atoms with Gasteiger partial charge in [-0.25, -0.2) is 0 Å². The zero-order valence-corrected chi connectivity index (χ0v) is 15.7. The topological polar surface area (TPSA) is 60.9 Å². The Labute approximate surface area is 156 Å². The molecule has 2 amide bonds. The van der Waals surface area contributed by atoms with E-state index >= 15 is 0 Å². The van der Waals surface area contributed by atoms with E-state index in [1.165, 1.54) is 5.56 Å². The Morgan fingerprint density at radius 1 is 1.19 bits per heavy atom. The monoisotopic (exact) mass is 358 g/mol. The van der Waals surface area contributed by atoms with Crippen molar-refractivity contribution in [2.75, 3.05) is 26.2 Å². The summed E-state index contributed by atoms with van der Waals surface area (Å²) in [6.45, 7) is 4.04. The lowest BCUT2D eigenvalue weighted by atomic mass is 9.74. The fraction of sp³-hybridized carbons (Fsp3) is 0.619. The van der Waals surface area contributed by atoms with Crippen molar-refractivity contribution in [3.63, 3.8) is 0 Å². The van der Waals surface area contributed by atoms with E-state index in [2.05, 4.69) is 12.1 Å². The zero-order chi connectivity index (χ0) is 18.6. The summed E-state index contributed by atoms with van der Waals surface area (Å²) in [5.41, 5.74) is 1.19. The minimum atomic E-state index is -0.365. The molecule has 2 saturated heterocycles. The van der Waals surface area contributed by atoms with Crippen molar-refractivity contribution >= 4 is 11.8 Å². The van der Waals surface area contributed by atoms with E-state index in [4.69, 9.17) is 0 Å². The number of amides is 2. The van der Waals surface area contributed by atoms with Crippen molar-refractivity contribution in [1.82, 2.24) is 9.80 Å². The van der Waals surface area contributed by atoms with E-state index in [-0.39, 0.29) is 29.9 Å². The Hall–Kier alpha value is -1.88. The molecule has 0 spiro atoms. The highest BCUT2D eigenvalue weighted by Gasteiger charge is 2.38. The van der Waals surface area contributed by atoms with Gasteiger partial charge in [-0.3, -0.25) is 9.59 Å². The van der Waals surface area contributed by atoms with Crippen molar-refractivity contribution in [3.05, 3.63) is 35.9 Å². The minimum Gasteiger partial charge on any atom is -0.396 e. The van der Waals surface area contributed by atoms with Gasteiger partial charge in [0.15, 0.2) is 0 Å². The molecule has 0 aromatic heterocycles. The van der Waals surface area contributed by atoms with E-state index in [1.54, 1.807) is 4.90 Å². The number of nitrogens with zero attached hydrogens (tertiary/aromatic N) is 2. The third kappa shape index (κ3) is 4.09. The Morgan fingerprint density at radius 3 is 2.46 bits per heavy atom. The predicted molar refractivity (Wildman–Crippen MR) is 101 cm³/mol. The number of likely N-dealkylation sites (tertiary alicyclic amines) is 2. The summed E-state index contributed by atoms with van der Waals surface area (Å²) < 4.78 is 0. The quantitative estimate of drug-likeness (QED) is 0.848. The molecule has 0 aliphatic carbocycles. The number of carbonyl (C=O) groups is 2. The van der Waals surface area contributed by atoms with Gasteiger partial charge in [-0.2, -0.15) is 0 Å². The van der Waals surface area contributed by atoms with Gasteiger partial charge < -0.3 is 14.9 Å². The zero-order valence-electron chi connectivity index (χ0n) is 15.7. The number of aliphatic hydroxyl groups excluding tert-OH is 1. The molecule has 5 nitrogen and oxygen atoms in total. The van der Waals surface area contributed by atoms with Crippen LogP contribution in [0, 0.1) is 5.41 Å². The Morgan fingerprint density at radius 2 is 1.88 bits per heavy atom. The molecule has 1 aromatic carbocycles. The van der Waals surface area contributed by atoms with Gasteiger partial charge in [0, 0.05) is 32.7 Å². The molecule has 26 heavy (non-hydrogen) atoms. The van der Waals surface area contributed by atoms with Crippen molar-refractivity contribution in [1.29, 1.82) is 0 Å². The van der Waals surface area contributed by atoms with Crippen molar-refractivity contribution in [2.45, 2.75) is 51.5 Å². The largest absolute Gasteiger partial charge is 0.396 e. The van der Waals surface area contributed by atoms with Gasteiger partial charge in [-0.15, -0.1) is 0 Å². The van der Waals surface area contributed by atoms with Gasteiger partial charge >= 0.3 is 0 Å². The molecule has 2 aliphatic rings. The number of hydrogen-bond donors (Lipinski definition) is 1. The summed E-state index contributed by atoms with van der Waals surface area (Å²) in [7, 11) is 0. The van der Waals surface area contributed by atoms with E-state index in [0.717, 1.165) is 32.1 Å². The fourth-order valence-corrected chi connectivity index (χ4v) is 4.22. The summed E-state index contributed by atoms with van der Waals surface area (Å²) in [5.74, 6) is 0.144. The number of rotatable bonds is 6. The lowest BCUT2D eigenvalue weighted by molar-refractivity contribution is -0.144. The Balaban J connectivity index is 1.54. The summed E-state index contributed by atoms with van der Waals surface area (Å²) in [5, 5.41) is 10.0. The molecule has 2 aliphatic heterocycles. The first-order chi connectivity index (χ1) is 12.5. The van der Waals surface area contributed by atoms with Crippen molar-refractivity contribution in [3.8, 4) is 0 Å². The molecule has 0 radical (unpaired) electrons. The average molecular weight is 358 g/mol. The van der Waals surface area contributed by atoms with Gasteiger partial charge in [0.25, 0.3) is 0 Å². The van der Waals surface area contributed by atoms with Crippen LogP contribution >= 0.6 is 0 Å². The number of piperidine rings is 1. The highest BCUT2D eigenvalue weighted by atomic mass is 16.3. The first-order valence-corrected chi connectivity index (χ1v) is 9.78. The molecule has 1 N–H and O–H groups in total. The van der Waals surface area contributed by atoms with Crippen LogP contribution in [0.5, 0.6) is 0 Å². The van der Waals surface area contributed by atoms with Crippen LogP contribution in [0.1, 0.15) is 44.6 Å². The lowest BCUT2D eigenvalue weighted by Gasteiger charge is -2.42. The van der Waals surface area contributed by atoms with Gasteiger partial charge in [0.1, 0.15) is 6.04 Å². The molecule has 1 atom stereocenters. The van der Waals surface area contributed by atoms with E-state index in [0.29, 0.717) is 26.1 Å². The summed E-state index contributed by atoms with van der Waals surface area (Å²) >= 11 is 0. The molecule has 2 heterocycles. The summed E-state index contributed by atoms with van der Waals surface area (Å²) in [4.78, 5) is 28.3. The molecule has 5 heteroatoms. The van der Waals surface area contributed by atoms with Crippen molar-refractivity contribution < 1.29 is 14.7 Å². The van der Waals surface area contributed by atoms with Crippen LogP contribution in [0.2, 0.25) is 0 Å². The van der Waals surface area contributed by atoms with Crippen LogP contribution in [0.3, 0.4) is 0 Å². The van der Waals surface area contributed by atoms with Gasteiger partial charge in [0.05, 0.1) is 0 Å². The summed E-state index contributed by atoms with van der Waals surface area (Å²) in [6, 6.07) is 9.99. The maximum Gasteiger partial charge on any atom is 0.245 e. The minimum absolute atomic E-state index is 0.0508. The van der Waals surface area contributed by atoms with Gasteiger partial charge in [-0.05, 0) is 50.0 Å². The maximum absolute atomic E-state index is 12.8. The highest BCUT2D eigenvalue weighted by molar-refractivity contribution is 5.88. The lowest BCUT2D eigenvalue weighted by Crippen LogP contribution is -2.52. The van der Waals surface area contributed by atoms with Crippen LogP contribution < -0.4 is 0 Å². The fourth-order valence-electron chi connectivity index (χ4n) is 4.22. The Kier molecular flexibility index (Phi) is 5.97. The third-order valence-corrected chi connectivity index (χ3v) is 6.19. The Bertz CT molecular complexity index is 623. The SMILES string of the molecule is C[C@@H](C(=O)N1CCC(CO)(CCc2ccccc2)CC1)N1CCCC1=O. The highest BCUT2D eigenvalue weighted by Crippen LogP contribution is 2.36. The first kappa shape index (κ1) is 18.9. The number of carbonyl (C=O) groups excluding carboxylic acids is 2. The molecular formula is C21H30N2O3. The molecule has 0 saturated carbocycles. The van der Waals surface area contributed by atoms with E-state index in [9.17, 15) is 14.7 Å². The molecule has 142 valence electrons. The number of aryl methyl sites for hydroxylation is 1. The van der Waals surface area contributed by atoms with Crippen LogP contribution in [-0.4, -0.2) is 59.0 Å². The average Bonchev–Trinajstić information content (AvgIpc) is 3.12. The smallest absolute Gasteiger partial charge is 0.245 e. The molecular weight excluding hydrogens is 328 g/mol. The van der Waals surface area contributed by atoms with Crippen LogP contribution in [0.4, 0.5) is 0 Å². The second-order valence-corrected chi connectivity index (χ2v) is 7.84. The third-order valence-electron chi connectivity index (χ3n) is 6.19. The number of hydrogen-bond acceptors (Lipinski definition) is 3. The number of aliphatic hydroxyl groups is 1. The van der Waals surface area contributed by atoms with Crippen LogP contribution in [0.15, 0.2) is 30.3 Å². The molecule has 0 unspecified atom stereocenters. The predicted octanol–water partition coefficient (Wildman–Crippen LogP) is 2.23. The van der Waals surface area contributed by atoms with Crippen molar-refractivity contribution in [2.24, 2.45) is 5.41 Å². The van der Waals surface area contributed by atoms with E-state index in [1.807, 2.05) is 30.0 Å². The van der Waals surface area contributed by atoms with Crippen LogP contribution in [0.25, 0.3) is 0 Å². The first-order valence-electron chi connectivity index (χ1n) is 9.78. The van der Waals surface area contributed by atoms with E-state index < -0.39 is 0 Å². The summed E-state index contributed by atoms with van der Waals surface area (Å²) in [6.07, 6.45) is 4.95. The standard InChI is InChI=1S/C21H30N2O3/c1-17(23-13-5-8-19(23)25)20(26)22-14-11-21(16-24,12-15-22)10-9-18-6-3-2-4-7-18/h2-4,6-7,17,24H,5,8-16H2,1H3/t17-/m0/s1. The maximum atomic E-state index is 12.8. The normalized spacial score (nSPS) is 21.1.